The van der Waals surface area contributed by atoms with E-state index in [9.17, 15) is 13.2 Å². The van der Waals surface area contributed by atoms with E-state index >= 15 is 0 Å². The van der Waals surface area contributed by atoms with Gasteiger partial charge in [0.15, 0.2) is 0 Å². The second-order valence-corrected chi connectivity index (χ2v) is 8.32. The minimum absolute atomic E-state index is 0.0677. The summed E-state index contributed by atoms with van der Waals surface area (Å²) >= 11 is 0. The third-order valence-corrected chi connectivity index (χ3v) is 5.88. The highest BCUT2D eigenvalue weighted by atomic mass is 32.2. The van der Waals surface area contributed by atoms with Gasteiger partial charge in [0.2, 0.25) is 0 Å². The van der Waals surface area contributed by atoms with Gasteiger partial charge in [-0.1, -0.05) is 23.8 Å². The second kappa shape index (κ2) is 7.90. The lowest BCUT2D eigenvalue weighted by molar-refractivity contribution is 0.0948. The summed E-state index contributed by atoms with van der Waals surface area (Å²) in [5, 5.41) is 2.72. The highest BCUT2D eigenvalue weighted by Gasteiger charge is 2.20. The third-order valence-electron chi connectivity index (χ3n) is 4.37. The largest absolute Gasteiger partial charge is 0.467 e. The number of anilines is 1. The Labute approximate surface area is 164 Å². The van der Waals surface area contributed by atoms with Crippen LogP contribution in [0.25, 0.3) is 0 Å². The molecule has 0 aliphatic carbocycles. The van der Waals surface area contributed by atoms with E-state index in [1.54, 1.807) is 37.3 Å². The molecule has 0 saturated carbocycles. The zero-order valence-electron chi connectivity index (χ0n) is 15.9. The fourth-order valence-corrected chi connectivity index (χ4v) is 4.24. The van der Waals surface area contributed by atoms with Gasteiger partial charge in [0.1, 0.15) is 5.76 Å². The first-order chi connectivity index (χ1) is 13.3. The molecule has 2 aromatic carbocycles. The monoisotopic (exact) mass is 398 g/mol. The molecule has 6 nitrogen and oxygen atoms in total. The van der Waals surface area contributed by atoms with Crippen LogP contribution < -0.4 is 10.0 Å². The van der Waals surface area contributed by atoms with Crippen molar-refractivity contribution in [2.45, 2.75) is 32.2 Å². The number of hydrogen-bond donors (Lipinski definition) is 2. The van der Waals surface area contributed by atoms with E-state index in [2.05, 4.69) is 10.0 Å². The summed E-state index contributed by atoms with van der Waals surface area (Å²) in [4.78, 5) is 12.5. The van der Waals surface area contributed by atoms with Gasteiger partial charge >= 0.3 is 0 Å². The number of sulfonamides is 1. The lowest BCUT2D eigenvalue weighted by Gasteiger charge is -2.14. The van der Waals surface area contributed by atoms with Crippen LogP contribution in [0.2, 0.25) is 0 Å². The van der Waals surface area contributed by atoms with E-state index in [4.69, 9.17) is 4.42 Å². The summed E-state index contributed by atoms with van der Waals surface area (Å²) in [5.41, 5.74) is 3.20. The predicted octanol–water partition coefficient (Wildman–Crippen LogP) is 3.94. The summed E-state index contributed by atoms with van der Waals surface area (Å²) in [6.07, 6.45) is 1.52. The first-order valence-electron chi connectivity index (χ1n) is 8.77. The topological polar surface area (TPSA) is 88.4 Å². The predicted molar refractivity (Wildman–Crippen MR) is 108 cm³/mol. The second-order valence-electron chi connectivity index (χ2n) is 6.67. The third kappa shape index (κ3) is 4.43. The standard InChI is InChI=1S/C21H22N2O4S/c1-14-6-9-19(16(3)11-14)23-28(25,26)20-12-17(8-7-15(20)2)21(24)22-13-18-5-4-10-27-18/h4-12,23H,13H2,1-3H3,(H,22,24). The normalized spacial score (nSPS) is 11.2. The van der Waals surface area contributed by atoms with Crippen LogP contribution in [0.5, 0.6) is 0 Å². The van der Waals surface area contributed by atoms with Crippen molar-refractivity contribution in [2.75, 3.05) is 4.72 Å². The molecular formula is C21H22N2O4S. The van der Waals surface area contributed by atoms with E-state index < -0.39 is 10.0 Å². The van der Waals surface area contributed by atoms with E-state index in [1.165, 1.54) is 12.3 Å². The number of rotatable bonds is 6. The number of carbonyl (C=O) groups is 1. The van der Waals surface area contributed by atoms with Crippen molar-refractivity contribution >= 4 is 21.6 Å². The van der Waals surface area contributed by atoms with Crippen LogP contribution in [-0.2, 0) is 16.6 Å². The number of amides is 1. The molecule has 1 aromatic heterocycles. The molecule has 0 unspecified atom stereocenters. The van der Waals surface area contributed by atoms with Gasteiger partial charge in [-0.25, -0.2) is 8.42 Å². The maximum atomic E-state index is 12.9. The molecule has 1 heterocycles. The number of nitrogens with one attached hydrogen (secondary N) is 2. The van der Waals surface area contributed by atoms with Crippen LogP contribution in [0.4, 0.5) is 5.69 Å². The first kappa shape index (κ1) is 19.7. The van der Waals surface area contributed by atoms with Gasteiger partial charge in [-0.2, -0.15) is 0 Å². The molecule has 3 aromatic rings. The number of hydrogen-bond acceptors (Lipinski definition) is 4. The molecule has 28 heavy (non-hydrogen) atoms. The van der Waals surface area contributed by atoms with Crippen LogP contribution in [0.1, 0.15) is 32.8 Å². The Kier molecular flexibility index (Phi) is 5.56. The quantitative estimate of drug-likeness (QED) is 0.658. The van der Waals surface area contributed by atoms with Crippen LogP contribution in [0.15, 0.2) is 64.1 Å². The number of carbonyl (C=O) groups excluding carboxylic acids is 1. The maximum absolute atomic E-state index is 12.9. The Hall–Kier alpha value is -3.06. The summed E-state index contributed by atoms with van der Waals surface area (Å²) in [6.45, 7) is 5.71. The van der Waals surface area contributed by atoms with Crippen molar-refractivity contribution in [3.05, 3.63) is 82.8 Å². The fourth-order valence-electron chi connectivity index (χ4n) is 2.84. The average molecular weight is 398 g/mol. The van der Waals surface area contributed by atoms with Crippen LogP contribution in [0, 0.1) is 20.8 Å². The number of furan rings is 1. The van der Waals surface area contributed by atoms with Gasteiger partial charge in [0.05, 0.1) is 23.4 Å². The summed E-state index contributed by atoms with van der Waals surface area (Å²) in [7, 11) is -3.84. The minimum atomic E-state index is -3.84. The lowest BCUT2D eigenvalue weighted by Crippen LogP contribution is -2.23. The van der Waals surface area contributed by atoms with E-state index in [0.29, 0.717) is 17.0 Å². The Morgan fingerprint density at radius 3 is 2.46 bits per heavy atom. The molecule has 0 aliphatic heterocycles. The Morgan fingerprint density at radius 2 is 1.79 bits per heavy atom. The first-order valence-corrected chi connectivity index (χ1v) is 10.3. The SMILES string of the molecule is Cc1ccc(NS(=O)(=O)c2cc(C(=O)NCc3ccco3)ccc2C)c(C)c1. The molecule has 2 N–H and O–H groups in total. The highest BCUT2D eigenvalue weighted by molar-refractivity contribution is 7.92. The Morgan fingerprint density at radius 1 is 1.00 bits per heavy atom. The van der Waals surface area contributed by atoms with Gasteiger partial charge in [-0.3, -0.25) is 9.52 Å². The summed E-state index contributed by atoms with van der Waals surface area (Å²) < 4.78 is 33.6. The van der Waals surface area contributed by atoms with Crippen molar-refractivity contribution in [3.63, 3.8) is 0 Å². The van der Waals surface area contributed by atoms with Crippen LogP contribution in [-0.4, -0.2) is 14.3 Å². The molecule has 0 aliphatic rings. The zero-order chi connectivity index (χ0) is 20.3. The van der Waals surface area contributed by atoms with Crippen molar-refractivity contribution in [1.82, 2.24) is 5.32 Å². The summed E-state index contributed by atoms with van der Waals surface area (Å²) in [5.74, 6) is 0.240. The zero-order valence-corrected chi connectivity index (χ0v) is 16.8. The van der Waals surface area contributed by atoms with Gasteiger partial charge < -0.3 is 9.73 Å². The molecule has 7 heteroatoms. The van der Waals surface area contributed by atoms with Gasteiger partial charge in [0.25, 0.3) is 15.9 Å². The van der Waals surface area contributed by atoms with E-state index in [0.717, 1.165) is 11.1 Å². The smallest absolute Gasteiger partial charge is 0.262 e. The molecule has 0 spiro atoms. The van der Waals surface area contributed by atoms with Gasteiger partial charge in [0, 0.05) is 5.56 Å². The molecule has 1 amide bonds. The molecule has 0 atom stereocenters. The summed E-state index contributed by atoms with van der Waals surface area (Å²) in [6, 6.07) is 13.6. The minimum Gasteiger partial charge on any atom is -0.467 e. The van der Waals surface area contributed by atoms with Gasteiger partial charge in [-0.05, 0) is 62.2 Å². The van der Waals surface area contributed by atoms with Gasteiger partial charge in [-0.15, -0.1) is 0 Å². The molecular weight excluding hydrogens is 376 g/mol. The van der Waals surface area contributed by atoms with Crippen molar-refractivity contribution in [2.24, 2.45) is 0 Å². The number of benzene rings is 2. The van der Waals surface area contributed by atoms with Crippen molar-refractivity contribution in [3.8, 4) is 0 Å². The number of aryl methyl sites for hydroxylation is 3. The van der Waals surface area contributed by atoms with Crippen LogP contribution >= 0.6 is 0 Å². The fraction of sp³-hybridized carbons (Fsp3) is 0.190. The molecule has 0 saturated heterocycles. The maximum Gasteiger partial charge on any atom is 0.262 e. The average Bonchev–Trinajstić information content (AvgIpc) is 3.16. The van der Waals surface area contributed by atoms with Crippen molar-refractivity contribution < 1.29 is 17.6 Å². The molecule has 146 valence electrons. The molecule has 0 bridgehead atoms. The van der Waals surface area contributed by atoms with E-state index in [-0.39, 0.29) is 22.9 Å². The Bertz CT molecular complexity index is 1100. The Balaban J connectivity index is 1.84. The van der Waals surface area contributed by atoms with E-state index in [1.807, 2.05) is 26.0 Å². The molecule has 0 radical (unpaired) electrons. The molecule has 3 rings (SSSR count). The van der Waals surface area contributed by atoms with Crippen LogP contribution in [0.3, 0.4) is 0 Å². The lowest BCUT2D eigenvalue weighted by atomic mass is 10.1. The highest BCUT2D eigenvalue weighted by Crippen LogP contribution is 2.23. The molecule has 0 fully saturated rings. The van der Waals surface area contributed by atoms with Crippen molar-refractivity contribution in [1.29, 1.82) is 0 Å².